The molecule has 0 aliphatic carbocycles. The summed E-state index contributed by atoms with van der Waals surface area (Å²) >= 11 is 2.85. The molecule has 1 aromatic carbocycles. The number of amides is 1. The van der Waals surface area contributed by atoms with Crippen LogP contribution in [0.4, 0.5) is 5.13 Å². The van der Waals surface area contributed by atoms with Crippen LogP contribution in [0.3, 0.4) is 0 Å². The predicted molar refractivity (Wildman–Crippen MR) is 94.2 cm³/mol. The van der Waals surface area contributed by atoms with Crippen molar-refractivity contribution in [2.75, 3.05) is 16.8 Å². The number of hydrogen-bond donors (Lipinski definition) is 1. The fourth-order valence-electron chi connectivity index (χ4n) is 2.37. The molecule has 1 fully saturated rings. The predicted octanol–water partition coefficient (Wildman–Crippen LogP) is 2.98. The third-order valence-corrected chi connectivity index (χ3v) is 7.66. The maximum absolute atomic E-state index is 12.5. The van der Waals surface area contributed by atoms with Gasteiger partial charge in [-0.3, -0.25) is 10.1 Å². The van der Waals surface area contributed by atoms with Crippen molar-refractivity contribution < 1.29 is 13.2 Å². The number of aromatic nitrogens is 1. The molecule has 0 saturated carbocycles. The third-order valence-electron chi connectivity index (χ3n) is 3.46. The molecule has 1 N–H and O–H groups in total. The van der Waals surface area contributed by atoms with Crippen LogP contribution in [0.25, 0.3) is 0 Å². The number of hydrogen-bond acceptors (Lipinski definition) is 6. The van der Waals surface area contributed by atoms with E-state index in [-0.39, 0.29) is 22.7 Å². The molecular weight excluding hydrogens is 352 g/mol. The van der Waals surface area contributed by atoms with Crippen LogP contribution in [-0.4, -0.2) is 36.1 Å². The van der Waals surface area contributed by atoms with Crippen molar-refractivity contribution in [2.24, 2.45) is 0 Å². The first-order valence-electron chi connectivity index (χ1n) is 7.12. The summed E-state index contributed by atoms with van der Waals surface area (Å²) < 4.78 is 23.2. The minimum Gasteiger partial charge on any atom is -0.298 e. The Bertz CT molecular complexity index is 830. The lowest BCUT2D eigenvalue weighted by Gasteiger charge is -2.11. The number of aryl methyl sites for hydroxylation is 1. The van der Waals surface area contributed by atoms with Crippen molar-refractivity contribution in [1.82, 2.24) is 4.98 Å². The second-order valence-corrected chi connectivity index (χ2v) is 9.82. The molecule has 0 bridgehead atoms. The Kier molecular flexibility index (Phi) is 4.74. The van der Waals surface area contributed by atoms with Crippen molar-refractivity contribution >= 4 is 44.0 Å². The second kappa shape index (κ2) is 6.62. The number of carbonyl (C=O) groups is 1. The zero-order chi connectivity index (χ0) is 16.4. The Morgan fingerprint density at radius 1 is 1.39 bits per heavy atom. The van der Waals surface area contributed by atoms with E-state index in [2.05, 4.69) is 10.3 Å². The number of carbonyl (C=O) groups excluding carboxylic acids is 1. The molecule has 1 saturated heterocycles. The van der Waals surface area contributed by atoms with E-state index < -0.39 is 9.84 Å². The zero-order valence-corrected chi connectivity index (χ0v) is 14.9. The van der Waals surface area contributed by atoms with Gasteiger partial charge in [0.15, 0.2) is 15.0 Å². The summed E-state index contributed by atoms with van der Waals surface area (Å²) in [6.07, 6.45) is 0.634. The second-order valence-electron chi connectivity index (χ2n) is 5.39. The van der Waals surface area contributed by atoms with E-state index in [0.717, 1.165) is 10.6 Å². The molecule has 1 aliphatic rings. The average molecular weight is 369 g/mol. The van der Waals surface area contributed by atoms with E-state index in [0.29, 0.717) is 17.1 Å². The first kappa shape index (κ1) is 16.5. The molecule has 2 heterocycles. The summed E-state index contributed by atoms with van der Waals surface area (Å²) in [4.78, 5) is 17.5. The van der Waals surface area contributed by atoms with Crippen LogP contribution in [0.1, 0.15) is 22.5 Å². The van der Waals surface area contributed by atoms with E-state index in [9.17, 15) is 13.2 Å². The molecule has 3 rings (SSSR count). The molecule has 0 spiro atoms. The Balaban J connectivity index is 1.76. The molecule has 5 nitrogen and oxygen atoms in total. The van der Waals surface area contributed by atoms with E-state index in [1.807, 2.05) is 24.4 Å². The van der Waals surface area contributed by atoms with Gasteiger partial charge in [0, 0.05) is 15.5 Å². The Labute approximate surface area is 143 Å². The number of benzene rings is 1. The van der Waals surface area contributed by atoms with Crippen LogP contribution in [0.5, 0.6) is 0 Å². The quantitative estimate of drug-likeness (QED) is 0.898. The highest BCUT2D eigenvalue weighted by atomic mass is 32.2. The molecule has 1 aromatic heterocycles. The van der Waals surface area contributed by atoms with Crippen LogP contribution < -0.4 is 5.32 Å². The Morgan fingerprint density at radius 3 is 2.83 bits per heavy atom. The van der Waals surface area contributed by atoms with E-state index >= 15 is 0 Å². The van der Waals surface area contributed by atoms with Crippen molar-refractivity contribution in [1.29, 1.82) is 0 Å². The number of rotatable bonds is 4. The molecule has 2 aromatic rings. The molecule has 0 radical (unpaired) electrons. The van der Waals surface area contributed by atoms with Gasteiger partial charge in [-0.15, -0.1) is 23.1 Å². The standard InChI is InChI=1S/C15H16N2O3S3/c1-10-8-21-15(16-10)17-14(18)12-4-2-3-5-13(12)22-11-6-7-23(19,20)9-11/h2-5,8,11H,6-7,9H2,1H3,(H,16,17,18). The number of nitrogens with one attached hydrogen (secondary N) is 1. The van der Waals surface area contributed by atoms with Gasteiger partial charge in [-0.05, 0) is 25.5 Å². The number of anilines is 1. The topological polar surface area (TPSA) is 76.1 Å². The van der Waals surface area contributed by atoms with Crippen LogP contribution >= 0.6 is 23.1 Å². The molecule has 122 valence electrons. The third kappa shape index (κ3) is 4.13. The SMILES string of the molecule is Cc1csc(NC(=O)c2ccccc2SC2CCS(=O)(=O)C2)n1. The molecule has 1 aliphatic heterocycles. The van der Waals surface area contributed by atoms with Gasteiger partial charge in [0.2, 0.25) is 0 Å². The average Bonchev–Trinajstić information content (AvgIpc) is 3.05. The molecule has 23 heavy (non-hydrogen) atoms. The Hall–Kier alpha value is -1.38. The van der Waals surface area contributed by atoms with E-state index in [1.54, 1.807) is 12.1 Å². The van der Waals surface area contributed by atoms with Crippen molar-refractivity contribution in [2.45, 2.75) is 23.5 Å². The highest BCUT2D eigenvalue weighted by Crippen LogP contribution is 2.33. The molecule has 8 heteroatoms. The summed E-state index contributed by atoms with van der Waals surface area (Å²) in [5.74, 6) is 0.194. The van der Waals surface area contributed by atoms with Gasteiger partial charge in [0.1, 0.15) is 0 Å². The fraction of sp³-hybridized carbons (Fsp3) is 0.333. The van der Waals surface area contributed by atoms with Crippen LogP contribution in [0, 0.1) is 6.92 Å². The summed E-state index contributed by atoms with van der Waals surface area (Å²) in [6, 6.07) is 7.27. The van der Waals surface area contributed by atoms with Gasteiger partial charge in [0.25, 0.3) is 5.91 Å². The summed E-state index contributed by atoms with van der Waals surface area (Å²) in [5, 5.41) is 5.25. The maximum atomic E-state index is 12.5. The van der Waals surface area contributed by atoms with E-state index in [1.165, 1.54) is 23.1 Å². The lowest BCUT2D eigenvalue weighted by Crippen LogP contribution is -2.14. The summed E-state index contributed by atoms with van der Waals surface area (Å²) in [7, 11) is -2.92. The normalized spacial score (nSPS) is 19.6. The number of thiazole rings is 1. The van der Waals surface area contributed by atoms with Crippen molar-refractivity contribution in [3.63, 3.8) is 0 Å². The first-order chi connectivity index (χ1) is 10.9. The summed E-state index contributed by atoms with van der Waals surface area (Å²) in [5.41, 5.74) is 1.42. The highest BCUT2D eigenvalue weighted by molar-refractivity contribution is 8.02. The number of thioether (sulfide) groups is 1. The smallest absolute Gasteiger partial charge is 0.258 e. The Morgan fingerprint density at radius 2 is 2.17 bits per heavy atom. The van der Waals surface area contributed by atoms with Gasteiger partial charge in [0.05, 0.1) is 22.8 Å². The highest BCUT2D eigenvalue weighted by Gasteiger charge is 2.29. The number of nitrogens with zero attached hydrogens (tertiary/aromatic N) is 1. The molecular formula is C15H16N2O3S3. The lowest BCUT2D eigenvalue weighted by molar-refractivity contribution is 0.102. The van der Waals surface area contributed by atoms with Gasteiger partial charge in [-0.25, -0.2) is 13.4 Å². The molecule has 1 amide bonds. The van der Waals surface area contributed by atoms with Crippen molar-refractivity contribution in [3.05, 3.63) is 40.9 Å². The molecule has 1 unspecified atom stereocenters. The van der Waals surface area contributed by atoms with Crippen LogP contribution in [-0.2, 0) is 9.84 Å². The van der Waals surface area contributed by atoms with Gasteiger partial charge in [-0.1, -0.05) is 12.1 Å². The zero-order valence-electron chi connectivity index (χ0n) is 12.5. The summed E-state index contributed by atoms with van der Waals surface area (Å²) in [6.45, 7) is 1.87. The first-order valence-corrected chi connectivity index (χ1v) is 10.7. The van der Waals surface area contributed by atoms with Crippen LogP contribution in [0.15, 0.2) is 34.5 Å². The number of sulfone groups is 1. The van der Waals surface area contributed by atoms with E-state index in [4.69, 9.17) is 0 Å². The monoisotopic (exact) mass is 368 g/mol. The minimum absolute atomic E-state index is 0.0102. The van der Waals surface area contributed by atoms with Crippen molar-refractivity contribution in [3.8, 4) is 0 Å². The van der Waals surface area contributed by atoms with Gasteiger partial charge < -0.3 is 0 Å². The molecule has 1 atom stereocenters. The van der Waals surface area contributed by atoms with Gasteiger partial charge >= 0.3 is 0 Å². The van der Waals surface area contributed by atoms with Gasteiger partial charge in [-0.2, -0.15) is 0 Å². The maximum Gasteiger partial charge on any atom is 0.258 e. The minimum atomic E-state index is -2.92. The lowest BCUT2D eigenvalue weighted by atomic mass is 10.2. The van der Waals surface area contributed by atoms with Crippen LogP contribution in [0.2, 0.25) is 0 Å². The fourth-order valence-corrected chi connectivity index (χ4v) is 6.68. The largest absolute Gasteiger partial charge is 0.298 e.